The molecule has 3 rings (SSSR count). The fourth-order valence-electron chi connectivity index (χ4n) is 2.48. The molecule has 0 radical (unpaired) electrons. The minimum atomic E-state index is -1.43. The molecule has 0 amide bonds. The Morgan fingerprint density at radius 1 is 1.22 bits per heavy atom. The summed E-state index contributed by atoms with van der Waals surface area (Å²) < 4.78 is 5.43. The number of aliphatic hydroxyl groups is 1. The fourth-order valence-corrected chi connectivity index (χ4v) is 2.48. The van der Waals surface area contributed by atoms with E-state index in [0.29, 0.717) is 27.6 Å². The highest BCUT2D eigenvalue weighted by atomic mass is 16.6. The molecule has 2 aromatic carbocycles. The Bertz CT molecular complexity index is 686. The molecule has 0 saturated heterocycles. The van der Waals surface area contributed by atoms with Crippen molar-refractivity contribution >= 4 is 16.6 Å². The monoisotopic (exact) mass is 244 g/mol. The maximum absolute atomic E-state index is 11.6. The van der Waals surface area contributed by atoms with Gasteiger partial charge in [0.05, 0.1) is 0 Å². The Kier molecular flexibility index (Phi) is 1.98. The molecular weight excluding hydrogens is 232 g/mol. The van der Waals surface area contributed by atoms with E-state index in [-0.39, 0.29) is 11.5 Å². The van der Waals surface area contributed by atoms with E-state index in [4.69, 9.17) is 4.74 Å². The lowest BCUT2D eigenvalue weighted by molar-refractivity contribution is -0.119. The third-order valence-corrected chi connectivity index (χ3v) is 3.29. The summed E-state index contributed by atoms with van der Waals surface area (Å²) in [5.74, 6) is -1.07. The first-order valence-electron chi connectivity index (χ1n) is 5.63. The van der Waals surface area contributed by atoms with Crippen LogP contribution in [0.1, 0.15) is 29.8 Å². The number of phenolic OH excluding ortho intramolecular Hbond substituents is 1. The van der Waals surface area contributed by atoms with Crippen molar-refractivity contribution in [3.05, 3.63) is 35.4 Å². The smallest absolute Gasteiger partial charge is 0.232 e. The van der Waals surface area contributed by atoms with Crippen LogP contribution in [0.2, 0.25) is 0 Å². The quantitative estimate of drug-likeness (QED) is 0.755. The van der Waals surface area contributed by atoms with E-state index in [0.717, 1.165) is 0 Å². The summed E-state index contributed by atoms with van der Waals surface area (Å²) >= 11 is 0. The van der Waals surface area contributed by atoms with Crippen molar-refractivity contribution in [1.29, 1.82) is 0 Å². The number of ether oxygens (including phenoxy) is 1. The molecule has 1 aliphatic heterocycles. The van der Waals surface area contributed by atoms with Crippen LogP contribution in [0.25, 0.3) is 10.8 Å². The highest BCUT2D eigenvalue weighted by Crippen LogP contribution is 2.47. The Morgan fingerprint density at radius 2 is 1.94 bits per heavy atom. The second kappa shape index (κ2) is 3.23. The number of ketones is 1. The number of hydrogen-bond acceptors (Lipinski definition) is 4. The highest BCUT2D eigenvalue weighted by molar-refractivity contribution is 6.12. The third kappa shape index (κ3) is 1.26. The molecule has 0 aliphatic carbocycles. The Labute approximate surface area is 103 Å². The molecule has 1 unspecified atom stereocenters. The van der Waals surface area contributed by atoms with Crippen LogP contribution in [0.3, 0.4) is 0 Å². The molecule has 0 bridgehead atoms. The molecule has 2 N–H and O–H groups in total. The summed E-state index contributed by atoms with van der Waals surface area (Å²) in [5, 5.41) is 21.2. The summed E-state index contributed by atoms with van der Waals surface area (Å²) in [7, 11) is 0. The van der Waals surface area contributed by atoms with Crippen molar-refractivity contribution in [1.82, 2.24) is 0 Å². The van der Waals surface area contributed by atoms with Gasteiger partial charge in [-0.3, -0.25) is 4.79 Å². The average molecular weight is 244 g/mol. The molecule has 1 atom stereocenters. The van der Waals surface area contributed by atoms with E-state index in [1.165, 1.54) is 19.9 Å². The molecule has 0 saturated carbocycles. The number of rotatable bonds is 1. The number of hydrogen-bond donors (Lipinski definition) is 2. The van der Waals surface area contributed by atoms with E-state index in [1.54, 1.807) is 18.2 Å². The minimum Gasteiger partial charge on any atom is -0.507 e. The molecule has 0 spiro atoms. The van der Waals surface area contributed by atoms with Gasteiger partial charge >= 0.3 is 0 Å². The maximum atomic E-state index is 11.6. The first-order chi connectivity index (χ1) is 8.42. The topological polar surface area (TPSA) is 66.8 Å². The van der Waals surface area contributed by atoms with Crippen LogP contribution in [0.4, 0.5) is 0 Å². The Hall–Kier alpha value is -2.07. The SMILES string of the molecule is CC(=O)c1ccc2c3c(ccc(O)c13)C(C)(O)O2. The van der Waals surface area contributed by atoms with Crippen LogP contribution in [-0.2, 0) is 5.79 Å². The van der Waals surface area contributed by atoms with Crippen LogP contribution < -0.4 is 4.74 Å². The van der Waals surface area contributed by atoms with Gasteiger partial charge in [0, 0.05) is 28.8 Å². The van der Waals surface area contributed by atoms with Crippen molar-refractivity contribution in [3.63, 3.8) is 0 Å². The van der Waals surface area contributed by atoms with Gasteiger partial charge in [0.25, 0.3) is 0 Å². The van der Waals surface area contributed by atoms with Gasteiger partial charge in [-0.15, -0.1) is 0 Å². The van der Waals surface area contributed by atoms with Crippen molar-refractivity contribution in [2.75, 3.05) is 0 Å². The number of benzene rings is 2. The van der Waals surface area contributed by atoms with Crippen LogP contribution >= 0.6 is 0 Å². The molecule has 4 heteroatoms. The van der Waals surface area contributed by atoms with Crippen LogP contribution in [0.15, 0.2) is 24.3 Å². The lowest BCUT2D eigenvalue weighted by atomic mass is 9.95. The fraction of sp³-hybridized carbons (Fsp3) is 0.214. The molecular formula is C14H12O4. The maximum Gasteiger partial charge on any atom is 0.232 e. The zero-order valence-electron chi connectivity index (χ0n) is 10.0. The molecule has 92 valence electrons. The number of carbonyl (C=O) groups excluding carboxylic acids is 1. The molecule has 18 heavy (non-hydrogen) atoms. The Balaban J connectivity index is 2.52. The predicted octanol–water partition coefficient (Wildman–Crippen LogP) is 2.31. The van der Waals surface area contributed by atoms with Crippen molar-refractivity contribution in [2.24, 2.45) is 0 Å². The van der Waals surface area contributed by atoms with E-state index in [9.17, 15) is 15.0 Å². The standard InChI is InChI=1S/C14H12O4/c1-7(15)8-3-6-11-13-9(14(2,17)18-11)4-5-10(16)12(8)13/h3-6,16-17H,1-2H3. The van der Waals surface area contributed by atoms with Gasteiger partial charge in [-0.05, 0) is 31.2 Å². The predicted molar refractivity (Wildman–Crippen MR) is 65.8 cm³/mol. The zero-order valence-corrected chi connectivity index (χ0v) is 10.0. The van der Waals surface area contributed by atoms with Crippen molar-refractivity contribution in [3.8, 4) is 11.5 Å². The van der Waals surface area contributed by atoms with Crippen LogP contribution in [0.5, 0.6) is 11.5 Å². The summed E-state index contributed by atoms with van der Waals surface area (Å²) in [6.07, 6.45) is 0. The van der Waals surface area contributed by atoms with Gasteiger partial charge in [0.2, 0.25) is 5.79 Å². The summed E-state index contributed by atoms with van der Waals surface area (Å²) in [6, 6.07) is 6.32. The van der Waals surface area contributed by atoms with Crippen molar-refractivity contribution in [2.45, 2.75) is 19.6 Å². The van der Waals surface area contributed by atoms with Crippen molar-refractivity contribution < 1.29 is 19.7 Å². The zero-order chi connectivity index (χ0) is 13.1. The number of aromatic hydroxyl groups is 1. The lowest BCUT2D eigenvalue weighted by Crippen LogP contribution is -2.24. The van der Waals surface area contributed by atoms with Gasteiger partial charge in [0.1, 0.15) is 11.5 Å². The molecule has 4 nitrogen and oxygen atoms in total. The molecule has 0 aromatic heterocycles. The molecule has 2 aromatic rings. The normalized spacial score (nSPS) is 21.1. The number of carbonyl (C=O) groups is 1. The molecule has 0 fully saturated rings. The number of phenols is 1. The highest BCUT2D eigenvalue weighted by Gasteiger charge is 2.36. The van der Waals surface area contributed by atoms with Crippen LogP contribution in [-0.4, -0.2) is 16.0 Å². The first kappa shape index (κ1) is 11.0. The largest absolute Gasteiger partial charge is 0.507 e. The third-order valence-electron chi connectivity index (χ3n) is 3.29. The van der Waals surface area contributed by atoms with Gasteiger partial charge in [-0.2, -0.15) is 0 Å². The Morgan fingerprint density at radius 3 is 2.61 bits per heavy atom. The first-order valence-corrected chi connectivity index (χ1v) is 5.63. The van der Waals surface area contributed by atoms with E-state index >= 15 is 0 Å². The molecule has 1 aliphatic rings. The number of Topliss-reactive ketones (excluding diaryl/α,β-unsaturated/α-hetero) is 1. The van der Waals surface area contributed by atoms with Gasteiger partial charge in [-0.1, -0.05) is 0 Å². The van der Waals surface area contributed by atoms with Crippen LogP contribution in [0, 0.1) is 0 Å². The second-order valence-electron chi connectivity index (χ2n) is 4.63. The van der Waals surface area contributed by atoms with Gasteiger partial charge in [0.15, 0.2) is 5.78 Å². The minimum absolute atomic E-state index is 0.0158. The van der Waals surface area contributed by atoms with E-state index in [2.05, 4.69) is 0 Å². The summed E-state index contributed by atoms with van der Waals surface area (Å²) in [5.41, 5.74) is 0.989. The average Bonchev–Trinajstić information content (AvgIpc) is 2.54. The van der Waals surface area contributed by atoms with E-state index in [1.807, 2.05) is 0 Å². The van der Waals surface area contributed by atoms with Gasteiger partial charge in [-0.25, -0.2) is 0 Å². The summed E-state index contributed by atoms with van der Waals surface area (Å²) in [6.45, 7) is 2.98. The van der Waals surface area contributed by atoms with E-state index < -0.39 is 5.79 Å². The van der Waals surface area contributed by atoms with Gasteiger partial charge < -0.3 is 14.9 Å². The lowest BCUT2D eigenvalue weighted by Gasteiger charge is -2.17. The molecule has 1 heterocycles. The second-order valence-corrected chi connectivity index (χ2v) is 4.63. The summed E-state index contributed by atoms with van der Waals surface area (Å²) in [4.78, 5) is 11.6.